The molecular weight excluding hydrogens is 252 g/mol. The number of carbonyl (C=O) groups is 1. The molecule has 0 saturated carbocycles. The number of hydrogen-bond donors (Lipinski definition) is 0. The molecule has 0 amide bonds. The molecular formula is C13H13ClN2O2. The molecule has 2 aromatic rings. The van der Waals surface area contributed by atoms with Crippen molar-refractivity contribution in [3.05, 3.63) is 46.7 Å². The van der Waals surface area contributed by atoms with Crippen molar-refractivity contribution in [1.29, 1.82) is 0 Å². The first-order valence-electron chi connectivity index (χ1n) is 5.48. The van der Waals surface area contributed by atoms with Crippen LogP contribution in [0, 0.1) is 6.92 Å². The molecule has 5 heteroatoms. The summed E-state index contributed by atoms with van der Waals surface area (Å²) < 4.78 is 6.40. The molecule has 0 unspecified atom stereocenters. The number of hydrogen-bond acceptors (Lipinski definition) is 3. The lowest BCUT2D eigenvalue weighted by atomic mass is 10.2. The molecule has 0 aliphatic carbocycles. The Kier molecular flexibility index (Phi) is 3.67. The molecule has 0 radical (unpaired) electrons. The van der Waals surface area contributed by atoms with Crippen LogP contribution in [0.2, 0.25) is 5.02 Å². The lowest BCUT2D eigenvalue weighted by Crippen LogP contribution is -2.10. The van der Waals surface area contributed by atoms with Crippen molar-refractivity contribution in [2.45, 2.75) is 13.3 Å². The van der Waals surface area contributed by atoms with Crippen molar-refractivity contribution < 1.29 is 9.53 Å². The predicted octanol–water partition coefficient (Wildman–Crippen LogP) is 2.55. The summed E-state index contributed by atoms with van der Waals surface area (Å²) in [5, 5.41) is 5.03. The normalized spacial score (nSPS) is 10.4. The molecule has 1 heterocycles. The third-order valence-corrected chi connectivity index (χ3v) is 2.78. The summed E-state index contributed by atoms with van der Waals surface area (Å²) in [6.07, 6.45) is 0.194. The van der Waals surface area contributed by atoms with E-state index in [2.05, 4.69) is 9.84 Å². The fourth-order valence-electron chi connectivity index (χ4n) is 1.70. The van der Waals surface area contributed by atoms with Crippen molar-refractivity contribution in [3.63, 3.8) is 0 Å². The molecule has 18 heavy (non-hydrogen) atoms. The molecule has 1 aromatic carbocycles. The number of rotatable bonds is 3. The monoisotopic (exact) mass is 264 g/mol. The first-order chi connectivity index (χ1) is 8.60. The van der Waals surface area contributed by atoms with Gasteiger partial charge in [-0.3, -0.25) is 4.79 Å². The highest BCUT2D eigenvalue weighted by molar-refractivity contribution is 6.30. The summed E-state index contributed by atoms with van der Waals surface area (Å²) in [6.45, 7) is 1.88. The van der Waals surface area contributed by atoms with Gasteiger partial charge < -0.3 is 4.74 Å². The molecule has 0 spiro atoms. The maximum atomic E-state index is 11.3. The number of carbonyl (C=O) groups excluding carboxylic acids is 1. The number of methoxy groups -OCH3 is 1. The van der Waals surface area contributed by atoms with Gasteiger partial charge in [0.15, 0.2) is 0 Å². The Balaban J connectivity index is 2.37. The molecule has 0 atom stereocenters. The highest BCUT2D eigenvalue weighted by Crippen LogP contribution is 2.16. The summed E-state index contributed by atoms with van der Waals surface area (Å²) in [5.41, 5.74) is 2.51. The Morgan fingerprint density at radius 2 is 2.06 bits per heavy atom. The minimum Gasteiger partial charge on any atom is -0.469 e. The van der Waals surface area contributed by atoms with Crippen LogP contribution >= 0.6 is 11.6 Å². The van der Waals surface area contributed by atoms with Crippen LogP contribution in [0.4, 0.5) is 0 Å². The molecule has 4 nitrogen and oxygen atoms in total. The Morgan fingerprint density at radius 1 is 1.39 bits per heavy atom. The minimum atomic E-state index is -0.287. The molecule has 2 rings (SSSR count). The van der Waals surface area contributed by atoms with Gasteiger partial charge in [-0.1, -0.05) is 11.6 Å². The van der Waals surface area contributed by atoms with E-state index in [-0.39, 0.29) is 12.4 Å². The van der Waals surface area contributed by atoms with E-state index in [0.29, 0.717) is 5.02 Å². The molecule has 0 fully saturated rings. The van der Waals surface area contributed by atoms with Gasteiger partial charge in [0, 0.05) is 5.02 Å². The zero-order valence-corrected chi connectivity index (χ0v) is 10.9. The van der Waals surface area contributed by atoms with Gasteiger partial charge in [-0.25, -0.2) is 4.68 Å². The van der Waals surface area contributed by atoms with E-state index in [1.54, 1.807) is 16.8 Å². The van der Waals surface area contributed by atoms with Crippen molar-refractivity contribution in [3.8, 4) is 5.69 Å². The lowest BCUT2D eigenvalue weighted by Gasteiger charge is -2.06. The Hall–Kier alpha value is -1.81. The van der Waals surface area contributed by atoms with E-state index in [1.807, 2.05) is 25.1 Å². The van der Waals surface area contributed by atoms with Gasteiger partial charge in [0.05, 0.1) is 30.6 Å². The van der Waals surface area contributed by atoms with Gasteiger partial charge in [0.1, 0.15) is 0 Å². The number of aryl methyl sites for hydroxylation is 1. The van der Waals surface area contributed by atoms with Gasteiger partial charge >= 0.3 is 5.97 Å². The van der Waals surface area contributed by atoms with E-state index >= 15 is 0 Å². The second kappa shape index (κ2) is 5.23. The van der Waals surface area contributed by atoms with E-state index in [0.717, 1.165) is 17.1 Å². The van der Waals surface area contributed by atoms with Crippen molar-refractivity contribution >= 4 is 17.6 Å². The number of esters is 1. The van der Waals surface area contributed by atoms with Crippen LogP contribution in [-0.2, 0) is 16.0 Å². The van der Waals surface area contributed by atoms with Crippen LogP contribution in [0.1, 0.15) is 11.4 Å². The molecule has 0 saturated heterocycles. The zero-order valence-electron chi connectivity index (χ0n) is 10.2. The topological polar surface area (TPSA) is 44.1 Å². The molecule has 94 valence electrons. The summed E-state index contributed by atoms with van der Waals surface area (Å²) in [5.74, 6) is -0.287. The average Bonchev–Trinajstić information content (AvgIpc) is 2.71. The smallest absolute Gasteiger partial charge is 0.311 e. The van der Waals surface area contributed by atoms with Crippen molar-refractivity contribution in [1.82, 2.24) is 9.78 Å². The first kappa shape index (κ1) is 12.6. The van der Waals surface area contributed by atoms with Gasteiger partial charge in [0.25, 0.3) is 0 Å². The van der Waals surface area contributed by atoms with E-state index in [9.17, 15) is 4.79 Å². The summed E-state index contributed by atoms with van der Waals surface area (Å²) in [7, 11) is 1.37. The summed E-state index contributed by atoms with van der Waals surface area (Å²) in [6, 6.07) is 9.16. The van der Waals surface area contributed by atoms with E-state index in [1.165, 1.54) is 7.11 Å². The van der Waals surface area contributed by atoms with Crippen molar-refractivity contribution in [2.24, 2.45) is 0 Å². The van der Waals surface area contributed by atoms with Gasteiger partial charge in [-0.15, -0.1) is 0 Å². The van der Waals surface area contributed by atoms with Crippen LogP contribution < -0.4 is 0 Å². The largest absolute Gasteiger partial charge is 0.469 e. The standard InChI is InChI=1S/C13H13ClN2O2/c1-9-7-12(8-13(17)18-2)16(15-9)11-5-3-10(14)4-6-11/h3-7H,8H2,1-2H3. The van der Waals surface area contributed by atoms with Crippen LogP contribution in [0.3, 0.4) is 0 Å². The van der Waals surface area contributed by atoms with Crippen LogP contribution in [0.25, 0.3) is 5.69 Å². The molecule has 0 aliphatic rings. The lowest BCUT2D eigenvalue weighted by molar-refractivity contribution is -0.139. The van der Waals surface area contributed by atoms with Crippen molar-refractivity contribution in [2.75, 3.05) is 7.11 Å². The molecule has 1 aromatic heterocycles. The Bertz CT molecular complexity index is 561. The SMILES string of the molecule is COC(=O)Cc1cc(C)nn1-c1ccc(Cl)cc1. The quantitative estimate of drug-likeness (QED) is 0.801. The number of nitrogens with zero attached hydrogens (tertiary/aromatic N) is 2. The summed E-state index contributed by atoms with van der Waals surface area (Å²) in [4.78, 5) is 11.3. The number of aromatic nitrogens is 2. The van der Waals surface area contributed by atoms with Crippen LogP contribution in [0.15, 0.2) is 30.3 Å². The van der Waals surface area contributed by atoms with E-state index in [4.69, 9.17) is 11.6 Å². The average molecular weight is 265 g/mol. The van der Waals surface area contributed by atoms with E-state index < -0.39 is 0 Å². The minimum absolute atomic E-state index is 0.194. The number of halogens is 1. The number of benzene rings is 1. The number of ether oxygens (including phenoxy) is 1. The Labute approximate surface area is 110 Å². The third kappa shape index (κ3) is 2.71. The van der Waals surface area contributed by atoms with Gasteiger partial charge in [0.2, 0.25) is 0 Å². The zero-order chi connectivity index (χ0) is 13.1. The summed E-state index contributed by atoms with van der Waals surface area (Å²) >= 11 is 5.85. The molecule has 0 aliphatic heterocycles. The molecule has 0 bridgehead atoms. The maximum absolute atomic E-state index is 11.3. The van der Waals surface area contributed by atoms with Gasteiger partial charge in [-0.05, 0) is 37.3 Å². The Morgan fingerprint density at radius 3 is 2.67 bits per heavy atom. The predicted molar refractivity (Wildman–Crippen MR) is 69.0 cm³/mol. The second-order valence-electron chi connectivity index (χ2n) is 3.92. The fraction of sp³-hybridized carbons (Fsp3) is 0.231. The molecule has 0 N–H and O–H groups in total. The fourth-order valence-corrected chi connectivity index (χ4v) is 1.83. The van der Waals surface area contributed by atoms with Crippen LogP contribution in [-0.4, -0.2) is 22.9 Å². The first-order valence-corrected chi connectivity index (χ1v) is 5.86. The van der Waals surface area contributed by atoms with Crippen LogP contribution in [0.5, 0.6) is 0 Å². The second-order valence-corrected chi connectivity index (χ2v) is 4.35. The third-order valence-electron chi connectivity index (χ3n) is 2.53. The highest BCUT2D eigenvalue weighted by Gasteiger charge is 2.11. The maximum Gasteiger partial charge on any atom is 0.311 e. The highest BCUT2D eigenvalue weighted by atomic mass is 35.5. The van der Waals surface area contributed by atoms with Gasteiger partial charge in [-0.2, -0.15) is 5.10 Å².